The molecule has 3 nitrogen and oxygen atoms in total. The minimum absolute atomic E-state index is 0.0939. The second-order valence-corrected chi connectivity index (χ2v) is 6.54. The van der Waals surface area contributed by atoms with Crippen molar-refractivity contribution in [2.75, 3.05) is 13.3 Å². The van der Waals surface area contributed by atoms with Gasteiger partial charge in [-0.25, -0.2) is 0 Å². The van der Waals surface area contributed by atoms with Crippen molar-refractivity contribution in [2.24, 2.45) is 0 Å². The fourth-order valence-corrected chi connectivity index (χ4v) is 3.29. The Labute approximate surface area is 140 Å². The second kappa shape index (κ2) is 6.38. The Morgan fingerprint density at radius 3 is 2.71 bits per heavy atom. The number of benzene rings is 2. The van der Waals surface area contributed by atoms with Gasteiger partial charge in [-0.1, -0.05) is 44.8 Å². The third-order valence-electron chi connectivity index (χ3n) is 3.41. The van der Waals surface area contributed by atoms with Crippen molar-refractivity contribution >= 4 is 31.9 Å². The molecule has 0 aromatic heterocycles. The van der Waals surface area contributed by atoms with E-state index in [1.165, 1.54) is 5.56 Å². The Balaban J connectivity index is 2.03. The van der Waals surface area contributed by atoms with E-state index in [4.69, 9.17) is 9.47 Å². The average Bonchev–Trinajstić information content (AvgIpc) is 2.95. The Hall–Kier alpha value is -1.04. The van der Waals surface area contributed by atoms with Gasteiger partial charge in [-0.05, 0) is 48.0 Å². The molecule has 0 saturated heterocycles. The molecule has 21 heavy (non-hydrogen) atoms. The number of rotatable bonds is 4. The van der Waals surface area contributed by atoms with E-state index in [1.54, 1.807) is 0 Å². The molecule has 2 aromatic rings. The van der Waals surface area contributed by atoms with Gasteiger partial charge in [-0.2, -0.15) is 0 Å². The molecule has 0 spiro atoms. The quantitative estimate of drug-likeness (QED) is 0.793. The van der Waals surface area contributed by atoms with Crippen LogP contribution in [0.25, 0.3) is 0 Å². The molecule has 1 atom stereocenters. The fraction of sp³-hybridized carbons (Fsp3) is 0.250. The van der Waals surface area contributed by atoms with Crippen LogP contribution in [0.5, 0.6) is 11.5 Å². The topological polar surface area (TPSA) is 30.5 Å². The highest BCUT2D eigenvalue weighted by molar-refractivity contribution is 9.11. The number of halogens is 2. The van der Waals surface area contributed by atoms with Crippen LogP contribution in [0.1, 0.15) is 24.1 Å². The number of hydrogen-bond donors (Lipinski definition) is 1. The monoisotopic (exact) mass is 411 g/mol. The normalized spacial score (nSPS) is 14.2. The first-order valence-electron chi connectivity index (χ1n) is 6.77. The maximum atomic E-state index is 5.49. The fourth-order valence-electron chi connectivity index (χ4n) is 2.44. The first kappa shape index (κ1) is 14.9. The number of fused-ring (bicyclic) bond motifs is 1. The summed E-state index contributed by atoms with van der Waals surface area (Å²) in [4.78, 5) is 0. The Morgan fingerprint density at radius 2 is 1.90 bits per heavy atom. The van der Waals surface area contributed by atoms with Crippen molar-refractivity contribution < 1.29 is 9.47 Å². The van der Waals surface area contributed by atoms with Crippen LogP contribution in [0.15, 0.2) is 45.3 Å². The molecule has 0 amide bonds. The molecule has 1 aliphatic rings. The lowest BCUT2D eigenvalue weighted by molar-refractivity contribution is 0.174. The minimum Gasteiger partial charge on any atom is -0.454 e. The van der Waals surface area contributed by atoms with E-state index in [0.717, 1.165) is 32.6 Å². The zero-order valence-electron chi connectivity index (χ0n) is 11.5. The zero-order valence-corrected chi connectivity index (χ0v) is 14.7. The zero-order chi connectivity index (χ0) is 14.8. The first-order valence-corrected chi connectivity index (χ1v) is 8.35. The summed E-state index contributed by atoms with van der Waals surface area (Å²) in [6.45, 7) is 3.27. The maximum absolute atomic E-state index is 5.49. The lowest BCUT2D eigenvalue weighted by atomic mass is 9.98. The smallest absolute Gasteiger partial charge is 0.231 e. The van der Waals surface area contributed by atoms with Crippen LogP contribution in [0.3, 0.4) is 0 Å². The molecule has 1 N–H and O–H groups in total. The van der Waals surface area contributed by atoms with Crippen molar-refractivity contribution in [1.29, 1.82) is 0 Å². The van der Waals surface area contributed by atoms with Crippen LogP contribution in [0.2, 0.25) is 0 Å². The van der Waals surface area contributed by atoms with Crippen LogP contribution in [0, 0.1) is 0 Å². The van der Waals surface area contributed by atoms with E-state index < -0.39 is 0 Å². The molecule has 0 fully saturated rings. The molecule has 110 valence electrons. The lowest BCUT2D eigenvalue weighted by Crippen LogP contribution is -2.22. The molecule has 0 aliphatic carbocycles. The van der Waals surface area contributed by atoms with Crippen molar-refractivity contribution in [1.82, 2.24) is 5.32 Å². The van der Waals surface area contributed by atoms with Gasteiger partial charge >= 0.3 is 0 Å². The number of nitrogens with one attached hydrogen (secondary N) is 1. The number of ether oxygens (including phenoxy) is 2. The lowest BCUT2D eigenvalue weighted by Gasteiger charge is -2.21. The Morgan fingerprint density at radius 1 is 1.10 bits per heavy atom. The van der Waals surface area contributed by atoms with Crippen LogP contribution in [-0.2, 0) is 0 Å². The Bertz CT molecular complexity index is 661. The van der Waals surface area contributed by atoms with Crippen molar-refractivity contribution in [2.45, 2.75) is 13.0 Å². The van der Waals surface area contributed by atoms with E-state index in [2.05, 4.69) is 62.3 Å². The SMILES string of the molecule is CCNC(c1ccc2c(c1)OCO2)c1cc(Br)ccc1Br. The molecule has 0 bridgehead atoms. The van der Waals surface area contributed by atoms with Gasteiger partial charge in [0.25, 0.3) is 0 Å². The van der Waals surface area contributed by atoms with E-state index >= 15 is 0 Å². The molecule has 5 heteroatoms. The molecule has 1 unspecified atom stereocenters. The van der Waals surface area contributed by atoms with Gasteiger partial charge in [0.2, 0.25) is 6.79 Å². The molecule has 0 saturated carbocycles. The van der Waals surface area contributed by atoms with E-state index in [9.17, 15) is 0 Å². The third kappa shape index (κ3) is 3.10. The van der Waals surface area contributed by atoms with E-state index in [0.29, 0.717) is 6.79 Å². The van der Waals surface area contributed by atoms with Crippen molar-refractivity contribution in [3.63, 3.8) is 0 Å². The van der Waals surface area contributed by atoms with Crippen LogP contribution in [0.4, 0.5) is 0 Å². The Kier molecular flexibility index (Phi) is 4.52. The van der Waals surface area contributed by atoms with Gasteiger partial charge in [0.05, 0.1) is 6.04 Å². The van der Waals surface area contributed by atoms with Crippen molar-refractivity contribution in [3.05, 3.63) is 56.5 Å². The van der Waals surface area contributed by atoms with Crippen LogP contribution >= 0.6 is 31.9 Å². The molecule has 1 heterocycles. The summed E-state index contributed by atoms with van der Waals surface area (Å²) in [5.74, 6) is 1.61. The molecule has 3 rings (SSSR count). The van der Waals surface area contributed by atoms with Gasteiger partial charge in [-0.15, -0.1) is 0 Å². The van der Waals surface area contributed by atoms with Gasteiger partial charge in [0.15, 0.2) is 11.5 Å². The highest BCUT2D eigenvalue weighted by atomic mass is 79.9. The highest BCUT2D eigenvalue weighted by Crippen LogP contribution is 2.37. The van der Waals surface area contributed by atoms with Gasteiger partial charge in [0, 0.05) is 8.95 Å². The molecule has 2 aromatic carbocycles. The predicted octanol–water partition coefficient (Wildman–Crippen LogP) is 4.64. The maximum Gasteiger partial charge on any atom is 0.231 e. The van der Waals surface area contributed by atoms with Crippen LogP contribution < -0.4 is 14.8 Å². The van der Waals surface area contributed by atoms with Crippen molar-refractivity contribution in [3.8, 4) is 11.5 Å². The van der Waals surface area contributed by atoms with E-state index in [-0.39, 0.29) is 6.04 Å². The number of hydrogen-bond acceptors (Lipinski definition) is 3. The highest BCUT2D eigenvalue weighted by Gasteiger charge is 2.20. The summed E-state index contributed by atoms with van der Waals surface area (Å²) in [6, 6.07) is 12.4. The summed E-state index contributed by atoms with van der Waals surface area (Å²) in [7, 11) is 0. The van der Waals surface area contributed by atoms with Gasteiger partial charge in [-0.3, -0.25) is 0 Å². The van der Waals surface area contributed by atoms with E-state index in [1.807, 2.05) is 18.2 Å². The summed E-state index contributed by atoms with van der Waals surface area (Å²) in [5.41, 5.74) is 2.34. The largest absolute Gasteiger partial charge is 0.454 e. The average molecular weight is 413 g/mol. The molecule has 1 aliphatic heterocycles. The second-order valence-electron chi connectivity index (χ2n) is 4.77. The standard InChI is InChI=1S/C16H15Br2NO2/c1-2-19-16(12-8-11(17)4-5-13(12)18)10-3-6-14-15(7-10)21-9-20-14/h3-8,16,19H,2,9H2,1H3. The third-order valence-corrected chi connectivity index (χ3v) is 4.62. The van der Waals surface area contributed by atoms with Gasteiger partial charge < -0.3 is 14.8 Å². The van der Waals surface area contributed by atoms with Gasteiger partial charge in [0.1, 0.15) is 0 Å². The first-order chi connectivity index (χ1) is 10.2. The summed E-state index contributed by atoms with van der Waals surface area (Å²) in [6.07, 6.45) is 0. The molecular weight excluding hydrogens is 398 g/mol. The predicted molar refractivity (Wildman–Crippen MR) is 89.9 cm³/mol. The summed E-state index contributed by atoms with van der Waals surface area (Å²) in [5, 5.41) is 3.53. The molecular formula is C16H15Br2NO2. The molecule has 0 radical (unpaired) electrons. The summed E-state index contributed by atoms with van der Waals surface area (Å²) < 4.78 is 13.0. The van der Waals surface area contributed by atoms with Crippen LogP contribution in [-0.4, -0.2) is 13.3 Å². The minimum atomic E-state index is 0.0939. The summed E-state index contributed by atoms with van der Waals surface area (Å²) >= 11 is 7.19.